The highest BCUT2D eigenvalue weighted by molar-refractivity contribution is 5.62. The van der Waals surface area contributed by atoms with Gasteiger partial charge in [0.25, 0.3) is 0 Å². The van der Waals surface area contributed by atoms with E-state index in [0.717, 1.165) is 38.6 Å². The van der Waals surface area contributed by atoms with Crippen molar-refractivity contribution in [2.75, 3.05) is 18.1 Å². The topological polar surface area (TPSA) is 23.6 Å². The summed E-state index contributed by atoms with van der Waals surface area (Å²) >= 11 is 0. The van der Waals surface area contributed by atoms with Gasteiger partial charge >= 0.3 is 0 Å². The lowest BCUT2D eigenvalue weighted by Crippen LogP contribution is -2.45. The maximum atomic E-state index is 11.0. The summed E-state index contributed by atoms with van der Waals surface area (Å²) in [6, 6.07) is 8.59. The Morgan fingerprint density at radius 1 is 1.25 bits per heavy atom. The number of carbonyl (C=O) groups is 1. The van der Waals surface area contributed by atoms with Gasteiger partial charge < -0.3 is 9.80 Å². The van der Waals surface area contributed by atoms with Gasteiger partial charge in [0.2, 0.25) is 0 Å². The summed E-state index contributed by atoms with van der Waals surface area (Å²) in [5.41, 5.74) is 2.69. The molecular weight excluding hydrogens is 200 g/mol. The lowest BCUT2D eigenvalue weighted by atomic mass is 10.2. The van der Waals surface area contributed by atoms with E-state index in [1.807, 2.05) is 0 Å². The van der Waals surface area contributed by atoms with Crippen LogP contribution in [-0.4, -0.2) is 30.4 Å². The summed E-state index contributed by atoms with van der Waals surface area (Å²) < 4.78 is 0. The van der Waals surface area contributed by atoms with E-state index in [9.17, 15) is 4.79 Å². The molecule has 0 aliphatic carbocycles. The first kappa shape index (κ1) is 9.85. The zero-order valence-electron chi connectivity index (χ0n) is 9.30. The third kappa shape index (κ3) is 1.43. The molecule has 1 aromatic rings. The number of aldehydes is 1. The van der Waals surface area contributed by atoms with Gasteiger partial charge in [0.1, 0.15) is 6.29 Å². The van der Waals surface area contributed by atoms with Crippen LogP contribution < -0.4 is 5.01 Å². The van der Waals surface area contributed by atoms with Crippen LogP contribution >= 0.6 is 0 Å². The van der Waals surface area contributed by atoms with E-state index in [2.05, 4.69) is 34.3 Å². The Bertz CT molecular complexity index is 405. The van der Waals surface area contributed by atoms with E-state index in [4.69, 9.17) is 0 Å². The maximum absolute atomic E-state index is 11.0. The summed E-state index contributed by atoms with van der Waals surface area (Å²) in [6.07, 6.45) is 4.32. The van der Waals surface area contributed by atoms with Crippen molar-refractivity contribution in [1.29, 1.82) is 0 Å². The van der Waals surface area contributed by atoms with Crippen LogP contribution in [0.5, 0.6) is 0 Å². The number of carbonyl (C=O) groups excluding carboxylic acids is 1. The van der Waals surface area contributed by atoms with Gasteiger partial charge in [-0.3, -0.25) is 0 Å². The van der Waals surface area contributed by atoms with Crippen molar-refractivity contribution in [1.82, 2.24) is 5.01 Å². The molecule has 0 radical (unpaired) electrons. The number of hydrazine groups is 1. The third-order valence-corrected chi connectivity index (χ3v) is 3.60. The van der Waals surface area contributed by atoms with Crippen LogP contribution in [0.25, 0.3) is 0 Å². The van der Waals surface area contributed by atoms with Crippen LogP contribution in [-0.2, 0) is 11.2 Å². The highest BCUT2D eigenvalue weighted by atomic mass is 16.1. The number of hydrogen-bond acceptors (Lipinski definition) is 3. The van der Waals surface area contributed by atoms with Gasteiger partial charge in [-0.2, -0.15) is 0 Å². The largest absolute Gasteiger partial charge is 0.305 e. The molecule has 1 atom stereocenters. The minimum Gasteiger partial charge on any atom is -0.305 e. The smallest absolute Gasteiger partial charge is 0.138 e. The van der Waals surface area contributed by atoms with Crippen molar-refractivity contribution in [2.24, 2.45) is 0 Å². The number of para-hydroxylation sites is 1. The molecule has 2 aliphatic heterocycles. The first-order chi connectivity index (χ1) is 7.90. The highest BCUT2D eigenvalue weighted by Gasteiger charge is 2.32. The third-order valence-electron chi connectivity index (χ3n) is 3.60. The van der Waals surface area contributed by atoms with E-state index < -0.39 is 0 Å². The summed E-state index contributed by atoms with van der Waals surface area (Å²) in [5, 5.41) is 4.53. The Balaban J connectivity index is 1.89. The monoisotopic (exact) mass is 216 g/mol. The molecule has 2 heterocycles. The Labute approximate surface area is 95.6 Å². The van der Waals surface area contributed by atoms with Crippen LogP contribution in [0.1, 0.15) is 18.4 Å². The Hall–Kier alpha value is -1.35. The molecule has 0 amide bonds. The van der Waals surface area contributed by atoms with Crippen molar-refractivity contribution < 1.29 is 4.79 Å². The molecule has 3 nitrogen and oxygen atoms in total. The van der Waals surface area contributed by atoms with Gasteiger partial charge in [-0.15, -0.1) is 0 Å². The quantitative estimate of drug-likeness (QED) is 0.702. The molecule has 3 rings (SSSR count). The van der Waals surface area contributed by atoms with Crippen molar-refractivity contribution >= 4 is 12.0 Å². The molecule has 84 valence electrons. The van der Waals surface area contributed by atoms with Crippen molar-refractivity contribution in [2.45, 2.75) is 25.3 Å². The zero-order valence-corrected chi connectivity index (χ0v) is 9.30. The molecule has 3 heteroatoms. The summed E-state index contributed by atoms with van der Waals surface area (Å²) in [7, 11) is 0. The number of anilines is 1. The Morgan fingerprint density at radius 2 is 2.12 bits per heavy atom. The van der Waals surface area contributed by atoms with E-state index in [-0.39, 0.29) is 6.04 Å². The van der Waals surface area contributed by atoms with Crippen LogP contribution in [0.4, 0.5) is 5.69 Å². The lowest BCUT2D eigenvalue weighted by Gasteiger charge is -2.33. The first-order valence-electron chi connectivity index (χ1n) is 5.97. The van der Waals surface area contributed by atoms with Gasteiger partial charge in [0.05, 0.1) is 11.7 Å². The molecule has 0 spiro atoms. The lowest BCUT2D eigenvalue weighted by molar-refractivity contribution is -0.111. The molecule has 1 aromatic carbocycles. The second-order valence-electron chi connectivity index (χ2n) is 4.51. The molecular formula is C13H16N2O. The summed E-state index contributed by atoms with van der Waals surface area (Å²) in [6.45, 7) is 2.03. The van der Waals surface area contributed by atoms with Gasteiger partial charge in [0.15, 0.2) is 0 Å². The molecule has 0 bridgehead atoms. The second kappa shape index (κ2) is 3.91. The molecule has 0 N–H and O–H groups in total. The second-order valence-corrected chi connectivity index (χ2v) is 4.51. The fourth-order valence-corrected chi connectivity index (χ4v) is 2.80. The number of rotatable bonds is 2. The number of benzene rings is 1. The van der Waals surface area contributed by atoms with Gasteiger partial charge in [-0.1, -0.05) is 18.2 Å². The normalized spacial score (nSPS) is 24.8. The fraction of sp³-hybridized carbons (Fsp3) is 0.462. The minimum atomic E-state index is 0.0890. The average molecular weight is 216 g/mol. The molecule has 0 saturated carbocycles. The molecule has 0 aromatic heterocycles. The standard InChI is InChI=1S/C13H16N2O/c16-10-12-5-3-8-14(12)15-9-7-11-4-1-2-6-13(11)15/h1-2,4,6,10,12H,3,5,7-9H2/t12-/m0/s1. The minimum absolute atomic E-state index is 0.0890. The van der Waals surface area contributed by atoms with Gasteiger partial charge in [-0.05, 0) is 30.9 Å². The molecule has 0 unspecified atom stereocenters. The van der Waals surface area contributed by atoms with Crippen LogP contribution in [0.2, 0.25) is 0 Å². The number of hydrogen-bond donors (Lipinski definition) is 0. The van der Waals surface area contributed by atoms with Crippen LogP contribution in [0.15, 0.2) is 24.3 Å². The zero-order chi connectivity index (χ0) is 11.0. The Morgan fingerprint density at radius 3 is 3.00 bits per heavy atom. The van der Waals surface area contributed by atoms with Gasteiger partial charge in [-0.25, -0.2) is 5.01 Å². The summed E-state index contributed by atoms with van der Waals surface area (Å²) in [5.74, 6) is 0. The van der Waals surface area contributed by atoms with Crippen molar-refractivity contribution in [3.8, 4) is 0 Å². The first-order valence-corrected chi connectivity index (χ1v) is 5.97. The fourth-order valence-electron chi connectivity index (χ4n) is 2.80. The van der Waals surface area contributed by atoms with E-state index in [0.29, 0.717) is 0 Å². The molecule has 1 fully saturated rings. The predicted molar refractivity (Wildman–Crippen MR) is 63.3 cm³/mol. The summed E-state index contributed by atoms with van der Waals surface area (Å²) in [4.78, 5) is 11.0. The van der Waals surface area contributed by atoms with E-state index in [1.165, 1.54) is 11.3 Å². The average Bonchev–Trinajstić information content (AvgIpc) is 2.94. The predicted octanol–water partition coefficient (Wildman–Crippen LogP) is 1.63. The van der Waals surface area contributed by atoms with Crippen LogP contribution in [0.3, 0.4) is 0 Å². The molecule has 16 heavy (non-hydrogen) atoms. The van der Waals surface area contributed by atoms with E-state index in [1.54, 1.807) is 0 Å². The van der Waals surface area contributed by atoms with Crippen LogP contribution in [0, 0.1) is 0 Å². The number of nitrogens with zero attached hydrogens (tertiary/aromatic N) is 2. The number of fused-ring (bicyclic) bond motifs is 1. The van der Waals surface area contributed by atoms with Gasteiger partial charge in [0, 0.05) is 13.1 Å². The molecule has 2 aliphatic rings. The van der Waals surface area contributed by atoms with Crippen molar-refractivity contribution in [3.05, 3.63) is 29.8 Å². The van der Waals surface area contributed by atoms with E-state index >= 15 is 0 Å². The van der Waals surface area contributed by atoms with Crippen molar-refractivity contribution in [3.63, 3.8) is 0 Å². The highest BCUT2D eigenvalue weighted by Crippen LogP contribution is 2.31. The SMILES string of the molecule is O=C[C@@H]1CCCN1N1CCc2ccccc21. The molecule has 1 saturated heterocycles. The Kier molecular flexibility index (Phi) is 2.40. The maximum Gasteiger partial charge on any atom is 0.138 e.